The lowest BCUT2D eigenvalue weighted by Gasteiger charge is -1.99. The summed E-state index contributed by atoms with van der Waals surface area (Å²) >= 11 is 5.71. The molecule has 20 heavy (non-hydrogen) atoms. The lowest BCUT2D eigenvalue weighted by atomic mass is 10.2. The van der Waals surface area contributed by atoms with Gasteiger partial charge in [0.1, 0.15) is 6.20 Å². The maximum Gasteiger partial charge on any atom is 0.265 e. The summed E-state index contributed by atoms with van der Waals surface area (Å²) in [7, 11) is -3.92. The van der Waals surface area contributed by atoms with Gasteiger partial charge in [-0.1, -0.05) is 4.68 Å². The van der Waals surface area contributed by atoms with Crippen LogP contribution in [0.5, 0.6) is 0 Å². The van der Waals surface area contributed by atoms with Crippen molar-refractivity contribution in [3.63, 3.8) is 0 Å². The highest BCUT2D eigenvalue weighted by Crippen LogP contribution is 2.14. The van der Waals surface area contributed by atoms with Gasteiger partial charge in [-0.15, -0.1) is 0 Å². The predicted octanol–water partition coefficient (Wildman–Crippen LogP) is 0.757. The van der Waals surface area contributed by atoms with Gasteiger partial charge in [0.2, 0.25) is 5.28 Å². The fraction of sp³-hybridized carbons (Fsp3) is 0.273. The molecule has 2 heterocycles. The highest BCUT2D eigenvalue weighted by molar-refractivity contribution is 7.85. The van der Waals surface area contributed by atoms with Crippen LogP contribution in [0.25, 0.3) is 11.3 Å². The van der Waals surface area contributed by atoms with Crippen molar-refractivity contribution in [3.05, 3.63) is 36.0 Å². The topological polar surface area (TPSA) is 96.9 Å². The molecule has 0 amide bonds. The smallest absolute Gasteiger partial charge is 0.265 e. The van der Waals surface area contributed by atoms with Gasteiger partial charge in [-0.25, -0.2) is 9.97 Å². The molecule has 0 spiro atoms. The second-order valence-electron chi connectivity index (χ2n) is 4.03. The summed E-state index contributed by atoms with van der Waals surface area (Å²) in [5.41, 5.74) is 1.43. The Morgan fingerprint density at radius 2 is 2.15 bits per heavy atom. The first-order chi connectivity index (χ1) is 9.44. The molecule has 0 bridgehead atoms. The fourth-order valence-electron chi connectivity index (χ4n) is 1.57. The van der Waals surface area contributed by atoms with E-state index >= 15 is 0 Å². The predicted molar refractivity (Wildman–Crippen MR) is 71.5 cm³/mol. The summed E-state index contributed by atoms with van der Waals surface area (Å²) in [6.07, 6.45) is 5.15. The molecule has 0 radical (unpaired) electrons. The Bertz CT molecular complexity index is 691. The molecule has 0 aliphatic heterocycles. The van der Waals surface area contributed by atoms with Crippen LogP contribution in [-0.4, -0.2) is 33.8 Å². The SMILES string of the molecule is O=S(=O)(O)CCC[n+]1ccc(-c2ccnc(Cl)n2)cn1. The lowest BCUT2D eigenvalue weighted by Crippen LogP contribution is -2.38. The third-order valence-electron chi connectivity index (χ3n) is 2.48. The molecule has 1 N–H and O–H groups in total. The summed E-state index contributed by atoms with van der Waals surface area (Å²) in [6.45, 7) is 0.393. The quantitative estimate of drug-likeness (QED) is 0.497. The zero-order chi connectivity index (χ0) is 14.6. The van der Waals surface area contributed by atoms with E-state index in [0.29, 0.717) is 12.2 Å². The summed E-state index contributed by atoms with van der Waals surface area (Å²) in [5.74, 6) is -0.287. The average molecular weight is 316 g/mol. The zero-order valence-corrected chi connectivity index (χ0v) is 11.9. The Labute approximate surface area is 121 Å². The standard InChI is InChI=1S/C11H11ClN4O3S/c12-11-13-4-2-10(15-11)9-3-6-16(14-8-9)5-1-7-20(17,18)19/h2-4,6,8H,1,5,7H2/p+1. The van der Waals surface area contributed by atoms with Crippen molar-refractivity contribution in [2.75, 3.05) is 5.75 Å². The van der Waals surface area contributed by atoms with Crippen LogP contribution < -0.4 is 4.68 Å². The van der Waals surface area contributed by atoms with Crippen LogP contribution in [0.15, 0.2) is 30.7 Å². The molecule has 0 aliphatic rings. The minimum atomic E-state index is -3.92. The first-order valence-electron chi connectivity index (χ1n) is 5.74. The highest BCUT2D eigenvalue weighted by Gasteiger charge is 2.09. The van der Waals surface area contributed by atoms with Crippen molar-refractivity contribution in [1.82, 2.24) is 15.1 Å². The molecular weight excluding hydrogens is 304 g/mol. The molecule has 2 aromatic heterocycles. The number of hydrogen-bond acceptors (Lipinski definition) is 5. The van der Waals surface area contributed by atoms with E-state index in [1.807, 2.05) is 0 Å². The highest BCUT2D eigenvalue weighted by atomic mass is 35.5. The van der Waals surface area contributed by atoms with Gasteiger partial charge in [0.05, 0.1) is 11.4 Å². The first kappa shape index (κ1) is 14.8. The van der Waals surface area contributed by atoms with Gasteiger partial charge in [0.15, 0.2) is 12.7 Å². The van der Waals surface area contributed by atoms with Gasteiger partial charge in [0, 0.05) is 24.2 Å². The molecular formula is C11H12ClN4O3S+. The van der Waals surface area contributed by atoms with E-state index in [1.165, 1.54) is 0 Å². The van der Waals surface area contributed by atoms with E-state index < -0.39 is 10.1 Å². The maximum atomic E-state index is 10.6. The van der Waals surface area contributed by atoms with E-state index in [4.69, 9.17) is 16.2 Å². The number of rotatable bonds is 5. The third kappa shape index (κ3) is 4.48. The molecule has 0 saturated carbocycles. The summed E-state index contributed by atoms with van der Waals surface area (Å²) in [4.78, 5) is 7.85. The van der Waals surface area contributed by atoms with Crippen molar-refractivity contribution in [2.45, 2.75) is 13.0 Å². The van der Waals surface area contributed by atoms with Crippen molar-refractivity contribution in [3.8, 4) is 11.3 Å². The summed E-state index contributed by atoms with van der Waals surface area (Å²) < 4.78 is 31.4. The van der Waals surface area contributed by atoms with Gasteiger partial charge >= 0.3 is 0 Å². The lowest BCUT2D eigenvalue weighted by molar-refractivity contribution is -0.753. The molecule has 0 aromatic carbocycles. The molecule has 0 fully saturated rings. The minimum absolute atomic E-state index is 0.160. The van der Waals surface area contributed by atoms with Crippen molar-refractivity contribution < 1.29 is 17.7 Å². The third-order valence-corrected chi connectivity index (χ3v) is 3.47. The number of aromatic nitrogens is 4. The second kappa shape index (κ2) is 6.21. The monoisotopic (exact) mass is 315 g/mol. The second-order valence-corrected chi connectivity index (χ2v) is 5.94. The van der Waals surface area contributed by atoms with Gasteiger partial charge in [-0.3, -0.25) is 4.55 Å². The van der Waals surface area contributed by atoms with Crippen LogP contribution in [0.2, 0.25) is 5.28 Å². The fourth-order valence-corrected chi connectivity index (χ4v) is 2.21. The first-order valence-corrected chi connectivity index (χ1v) is 7.73. The molecule has 106 valence electrons. The number of nitrogens with zero attached hydrogens (tertiary/aromatic N) is 4. The van der Waals surface area contributed by atoms with Gasteiger partial charge < -0.3 is 0 Å². The molecule has 0 saturated heterocycles. The van der Waals surface area contributed by atoms with Gasteiger partial charge in [0.25, 0.3) is 10.1 Å². The van der Waals surface area contributed by atoms with Crippen LogP contribution in [0, 0.1) is 0 Å². The van der Waals surface area contributed by atoms with Crippen LogP contribution in [0.3, 0.4) is 0 Å². The van der Waals surface area contributed by atoms with Crippen LogP contribution >= 0.6 is 11.6 Å². The Balaban J connectivity index is 2.03. The van der Waals surface area contributed by atoms with E-state index in [1.54, 1.807) is 35.4 Å². The molecule has 0 aliphatic carbocycles. The van der Waals surface area contributed by atoms with Crippen molar-refractivity contribution in [1.29, 1.82) is 0 Å². The Kier molecular flexibility index (Phi) is 4.58. The van der Waals surface area contributed by atoms with Gasteiger partial charge in [-0.05, 0) is 22.8 Å². The van der Waals surface area contributed by atoms with E-state index in [-0.39, 0.29) is 17.5 Å². The normalized spacial score (nSPS) is 11.5. The Morgan fingerprint density at radius 1 is 1.35 bits per heavy atom. The minimum Gasteiger partial charge on any atom is -0.286 e. The molecule has 2 aromatic rings. The Hall–Kier alpha value is -1.64. The largest absolute Gasteiger partial charge is 0.286 e. The molecule has 9 heteroatoms. The van der Waals surface area contributed by atoms with E-state index in [9.17, 15) is 8.42 Å². The zero-order valence-electron chi connectivity index (χ0n) is 10.3. The van der Waals surface area contributed by atoms with Crippen molar-refractivity contribution in [2.24, 2.45) is 0 Å². The number of aryl methyl sites for hydroxylation is 1. The molecule has 2 rings (SSSR count). The van der Waals surface area contributed by atoms with Crippen LogP contribution in [0.4, 0.5) is 0 Å². The van der Waals surface area contributed by atoms with E-state index in [2.05, 4.69) is 15.1 Å². The average Bonchev–Trinajstić information content (AvgIpc) is 2.38. The molecule has 0 atom stereocenters. The van der Waals surface area contributed by atoms with Crippen LogP contribution in [0.1, 0.15) is 6.42 Å². The maximum absolute atomic E-state index is 10.6. The summed E-state index contributed by atoms with van der Waals surface area (Å²) in [6, 6.07) is 3.50. The van der Waals surface area contributed by atoms with Gasteiger partial charge in [-0.2, -0.15) is 8.42 Å². The van der Waals surface area contributed by atoms with E-state index in [0.717, 1.165) is 5.56 Å². The summed E-state index contributed by atoms with van der Waals surface area (Å²) in [5, 5.41) is 4.30. The number of hydrogen-bond donors (Lipinski definition) is 1. The molecule has 0 unspecified atom stereocenters. The van der Waals surface area contributed by atoms with Crippen LogP contribution in [-0.2, 0) is 16.7 Å². The molecule has 7 nitrogen and oxygen atoms in total. The Morgan fingerprint density at radius 3 is 2.75 bits per heavy atom. The number of halogens is 1. The van der Waals surface area contributed by atoms with Crippen molar-refractivity contribution >= 4 is 21.7 Å².